The molecule has 0 aliphatic carbocycles. The summed E-state index contributed by atoms with van der Waals surface area (Å²) in [6.07, 6.45) is 2.98. The van der Waals surface area contributed by atoms with Crippen LogP contribution in [0.15, 0.2) is 42.5 Å². The van der Waals surface area contributed by atoms with Gasteiger partial charge in [-0.25, -0.2) is 0 Å². The van der Waals surface area contributed by atoms with Crippen LogP contribution < -0.4 is 5.32 Å². The highest BCUT2D eigenvalue weighted by Gasteiger charge is 2.07. The van der Waals surface area contributed by atoms with Crippen LogP contribution >= 0.6 is 46.4 Å². The third-order valence-electron chi connectivity index (χ3n) is 2.59. The molecule has 0 aliphatic rings. The summed E-state index contributed by atoms with van der Waals surface area (Å²) in [5.74, 6) is -0.352. The van der Waals surface area contributed by atoms with Crippen molar-refractivity contribution in [3.05, 3.63) is 68.1 Å². The summed E-state index contributed by atoms with van der Waals surface area (Å²) >= 11 is 23.7. The van der Waals surface area contributed by atoms with E-state index in [0.29, 0.717) is 25.8 Å². The molecule has 0 radical (unpaired) electrons. The van der Waals surface area contributed by atoms with E-state index < -0.39 is 0 Å². The van der Waals surface area contributed by atoms with Crippen molar-refractivity contribution in [1.29, 1.82) is 0 Å². The van der Waals surface area contributed by atoms with Crippen LogP contribution in [0.5, 0.6) is 0 Å². The first-order chi connectivity index (χ1) is 9.97. The number of amides is 1. The predicted molar refractivity (Wildman–Crippen MR) is 90.6 cm³/mol. The Morgan fingerprint density at radius 1 is 0.905 bits per heavy atom. The van der Waals surface area contributed by atoms with E-state index in [1.54, 1.807) is 18.2 Å². The molecule has 2 nitrogen and oxygen atoms in total. The summed E-state index contributed by atoms with van der Waals surface area (Å²) in [4.78, 5) is 11.9. The van der Waals surface area contributed by atoms with Gasteiger partial charge in [0.1, 0.15) is 0 Å². The van der Waals surface area contributed by atoms with E-state index in [-0.39, 0.29) is 5.91 Å². The molecule has 0 aliphatic heterocycles. The summed E-state index contributed by atoms with van der Waals surface area (Å²) in [7, 11) is 0. The third-order valence-corrected chi connectivity index (χ3v) is 3.97. The van der Waals surface area contributed by atoms with Gasteiger partial charge in [0, 0.05) is 11.1 Å². The number of carbonyl (C=O) groups is 1. The zero-order valence-corrected chi connectivity index (χ0v) is 13.6. The molecular weight excluding hydrogens is 352 g/mol. The van der Waals surface area contributed by atoms with Gasteiger partial charge < -0.3 is 5.32 Å². The summed E-state index contributed by atoms with van der Waals surface area (Å²) in [6, 6.07) is 10.2. The molecular formula is C15H9Cl4NO. The van der Waals surface area contributed by atoms with Gasteiger partial charge in [0.2, 0.25) is 5.91 Å². The molecule has 0 atom stereocenters. The fraction of sp³-hybridized carbons (Fsp3) is 0. The van der Waals surface area contributed by atoms with E-state index in [1.807, 2.05) is 12.1 Å². The number of rotatable bonds is 3. The van der Waals surface area contributed by atoms with E-state index in [0.717, 1.165) is 5.56 Å². The van der Waals surface area contributed by atoms with Crippen LogP contribution in [0.2, 0.25) is 20.1 Å². The Hall–Kier alpha value is -1.19. The van der Waals surface area contributed by atoms with Gasteiger partial charge in [-0.2, -0.15) is 0 Å². The first kappa shape index (κ1) is 16.2. The van der Waals surface area contributed by atoms with Crippen LogP contribution in [0.4, 0.5) is 5.69 Å². The highest BCUT2D eigenvalue weighted by atomic mass is 35.5. The van der Waals surface area contributed by atoms with Crippen molar-refractivity contribution in [2.45, 2.75) is 0 Å². The Bertz CT molecular complexity index is 713. The van der Waals surface area contributed by atoms with Crippen LogP contribution in [-0.2, 0) is 4.79 Å². The van der Waals surface area contributed by atoms with Crippen molar-refractivity contribution in [3.8, 4) is 0 Å². The third kappa shape index (κ3) is 4.39. The molecule has 2 aromatic rings. The Morgan fingerprint density at radius 3 is 2.29 bits per heavy atom. The molecule has 6 heteroatoms. The van der Waals surface area contributed by atoms with Gasteiger partial charge in [-0.15, -0.1) is 0 Å². The molecule has 0 fully saturated rings. The molecule has 2 aromatic carbocycles. The molecule has 0 heterocycles. The fourth-order valence-electron chi connectivity index (χ4n) is 1.57. The predicted octanol–water partition coefficient (Wildman–Crippen LogP) is 5.95. The lowest BCUT2D eigenvalue weighted by molar-refractivity contribution is -0.111. The number of anilines is 1. The maximum absolute atomic E-state index is 11.9. The molecule has 0 saturated carbocycles. The van der Waals surface area contributed by atoms with E-state index in [1.165, 1.54) is 18.2 Å². The number of halogens is 4. The lowest BCUT2D eigenvalue weighted by Gasteiger charge is -2.06. The quantitative estimate of drug-likeness (QED) is 0.531. The van der Waals surface area contributed by atoms with E-state index >= 15 is 0 Å². The second kappa shape index (κ2) is 7.19. The molecule has 0 unspecified atom stereocenters. The van der Waals surface area contributed by atoms with Crippen molar-refractivity contribution in [3.63, 3.8) is 0 Å². The highest BCUT2D eigenvalue weighted by Crippen LogP contribution is 2.32. The molecule has 0 saturated heterocycles. The van der Waals surface area contributed by atoms with Gasteiger partial charge in [-0.3, -0.25) is 4.79 Å². The first-order valence-corrected chi connectivity index (χ1v) is 7.36. The number of carbonyl (C=O) groups excluding carboxylic acids is 1. The minimum absolute atomic E-state index is 0.309. The lowest BCUT2D eigenvalue weighted by atomic mass is 10.2. The summed E-state index contributed by atoms with van der Waals surface area (Å²) < 4.78 is 0. The summed E-state index contributed by atoms with van der Waals surface area (Å²) in [5.41, 5.74) is 1.13. The maximum Gasteiger partial charge on any atom is 0.248 e. The van der Waals surface area contributed by atoms with Crippen molar-refractivity contribution in [2.24, 2.45) is 0 Å². The monoisotopic (exact) mass is 359 g/mol. The molecule has 0 spiro atoms. The minimum Gasteiger partial charge on any atom is -0.321 e. The SMILES string of the molecule is O=C(/C=C/c1ccccc1Cl)Nc1cc(Cl)c(Cl)cc1Cl. The fourth-order valence-corrected chi connectivity index (χ4v) is 2.36. The number of hydrogen-bond donors (Lipinski definition) is 1. The zero-order chi connectivity index (χ0) is 15.4. The Morgan fingerprint density at radius 2 is 1.57 bits per heavy atom. The zero-order valence-electron chi connectivity index (χ0n) is 10.5. The van der Waals surface area contributed by atoms with E-state index in [9.17, 15) is 4.79 Å². The van der Waals surface area contributed by atoms with Gasteiger partial charge in [0.25, 0.3) is 0 Å². The Balaban J connectivity index is 2.12. The maximum atomic E-state index is 11.9. The molecule has 1 amide bonds. The van der Waals surface area contributed by atoms with E-state index in [4.69, 9.17) is 46.4 Å². The summed E-state index contributed by atoms with van der Waals surface area (Å²) in [5, 5.41) is 4.13. The van der Waals surface area contributed by atoms with Gasteiger partial charge in [0.15, 0.2) is 0 Å². The molecule has 2 rings (SSSR count). The van der Waals surface area contributed by atoms with Crippen molar-refractivity contribution >= 4 is 64.1 Å². The lowest BCUT2D eigenvalue weighted by Crippen LogP contribution is -2.08. The number of nitrogens with one attached hydrogen (secondary N) is 1. The Labute approximate surface area is 142 Å². The summed E-state index contributed by atoms with van der Waals surface area (Å²) in [6.45, 7) is 0. The molecule has 0 aromatic heterocycles. The van der Waals surface area contributed by atoms with Gasteiger partial charge in [-0.05, 0) is 29.8 Å². The van der Waals surface area contributed by atoms with Crippen LogP contribution in [0, 0.1) is 0 Å². The van der Waals surface area contributed by atoms with Gasteiger partial charge >= 0.3 is 0 Å². The van der Waals surface area contributed by atoms with Crippen molar-refractivity contribution in [1.82, 2.24) is 0 Å². The van der Waals surface area contributed by atoms with Crippen LogP contribution in [0.25, 0.3) is 6.08 Å². The second-order valence-electron chi connectivity index (χ2n) is 4.09. The molecule has 1 N–H and O–H groups in total. The molecule has 21 heavy (non-hydrogen) atoms. The largest absolute Gasteiger partial charge is 0.321 e. The van der Waals surface area contributed by atoms with Crippen molar-refractivity contribution < 1.29 is 4.79 Å². The average molecular weight is 361 g/mol. The van der Waals surface area contributed by atoms with Crippen LogP contribution in [0.3, 0.4) is 0 Å². The topological polar surface area (TPSA) is 29.1 Å². The molecule has 0 bridgehead atoms. The Kier molecular flexibility index (Phi) is 5.54. The standard InChI is InChI=1S/C15H9Cl4NO/c16-10-4-2-1-3-9(10)5-6-15(21)20-14-8-12(18)11(17)7-13(14)19/h1-8H,(H,20,21)/b6-5+. The molecule has 108 valence electrons. The first-order valence-electron chi connectivity index (χ1n) is 5.85. The normalized spacial score (nSPS) is 10.9. The number of hydrogen-bond acceptors (Lipinski definition) is 1. The van der Waals surface area contributed by atoms with Gasteiger partial charge in [-0.1, -0.05) is 64.6 Å². The van der Waals surface area contributed by atoms with E-state index in [2.05, 4.69) is 5.32 Å². The second-order valence-corrected chi connectivity index (χ2v) is 5.72. The van der Waals surface area contributed by atoms with Crippen LogP contribution in [0.1, 0.15) is 5.56 Å². The van der Waals surface area contributed by atoms with Crippen LogP contribution in [-0.4, -0.2) is 5.91 Å². The smallest absolute Gasteiger partial charge is 0.248 e. The van der Waals surface area contributed by atoms with Gasteiger partial charge in [0.05, 0.1) is 20.8 Å². The average Bonchev–Trinajstić information content (AvgIpc) is 2.44. The van der Waals surface area contributed by atoms with Crippen molar-refractivity contribution in [2.75, 3.05) is 5.32 Å². The minimum atomic E-state index is -0.352. The number of benzene rings is 2. The highest BCUT2D eigenvalue weighted by molar-refractivity contribution is 6.44.